The van der Waals surface area contributed by atoms with Gasteiger partial charge in [-0.25, -0.2) is 0 Å². The molecular formula is C28H48IN3O5. The number of rotatable bonds is 16. The summed E-state index contributed by atoms with van der Waals surface area (Å²) in [6.45, 7) is 15.9. The normalized spacial score (nSPS) is 21.9. The quantitative estimate of drug-likeness (QED) is 0.152. The van der Waals surface area contributed by atoms with Gasteiger partial charge < -0.3 is 24.8 Å². The van der Waals surface area contributed by atoms with Gasteiger partial charge in [0.25, 0.3) is 0 Å². The van der Waals surface area contributed by atoms with Crippen LogP contribution in [0.15, 0.2) is 37.0 Å². The first kappa shape index (κ1) is 33.8. The second-order valence-electron chi connectivity index (χ2n) is 9.91. The minimum Gasteiger partial charge on any atom is -0.386 e. The van der Waals surface area contributed by atoms with Gasteiger partial charge in [0.2, 0.25) is 11.8 Å². The predicted octanol–water partition coefficient (Wildman–Crippen LogP) is 3.89. The van der Waals surface area contributed by atoms with Crippen LogP contribution < -0.4 is 5.32 Å². The number of carbonyl (C=O) groups is 2. The molecule has 1 aliphatic heterocycles. The van der Waals surface area contributed by atoms with E-state index < -0.39 is 24.2 Å². The summed E-state index contributed by atoms with van der Waals surface area (Å²) in [4.78, 5) is 28.8. The molecule has 0 spiro atoms. The third-order valence-electron chi connectivity index (χ3n) is 7.74. The number of halogens is 1. The maximum Gasteiger partial charge on any atom is 0.237 e. The molecule has 0 aromatic heterocycles. The molecule has 0 aliphatic carbocycles. The van der Waals surface area contributed by atoms with Crippen molar-refractivity contribution in [3.05, 3.63) is 37.0 Å². The first-order chi connectivity index (χ1) is 17.5. The molecule has 9 heteroatoms. The monoisotopic (exact) mass is 633 g/mol. The Kier molecular flexibility index (Phi) is 15.2. The average Bonchev–Trinajstić information content (AvgIpc) is 3.39. The molecule has 0 bridgehead atoms. The predicted molar refractivity (Wildman–Crippen MR) is 157 cm³/mol. The van der Waals surface area contributed by atoms with E-state index in [2.05, 4.69) is 32.3 Å². The molecule has 1 heterocycles. The van der Waals surface area contributed by atoms with Crippen LogP contribution in [0.3, 0.4) is 0 Å². The Bertz CT molecular complexity index is 792. The van der Waals surface area contributed by atoms with Crippen molar-refractivity contribution in [2.75, 3.05) is 27.8 Å². The van der Waals surface area contributed by atoms with Crippen LogP contribution in [0.4, 0.5) is 0 Å². The van der Waals surface area contributed by atoms with Crippen LogP contribution in [0, 0.1) is 11.8 Å². The van der Waals surface area contributed by atoms with Gasteiger partial charge in [-0.05, 0) is 38.3 Å². The number of carbonyl (C=O) groups excluding carboxylic acids is 2. The molecule has 212 valence electrons. The highest BCUT2D eigenvalue weighted by molar-refractivity contribution is 14.1. The fourth-order valence-electron chi connectivity index (χ4n) is 5.24. The van der Waals surface area contributed by atoms with E-state index in [-0.39, 0.29) is 36.4 Å². The number of likely N-dealkylation sites (tertiary alicyclic amines) is 1. The van der Waals surface area contributed by atoms with Gasteiger partial charge >= 0.3 is 0 Å². The molecule has 8 nitrogen and oxygen atoms in total. The van der Waals surface area contributed by atoms with E-state index in [0.29, 0.717) is 18.0 Å². The highest BCUT2D eigenvalue weighted by Crippen LogP contribution is 2.30. The molecule has 0 aromatic rings. The van der Waals surface area contributed by atoms with Crippen LogP contribution >= 0.6 is 22.9 Å². The number of likely N-dealkylation sites (N-methyl/N-ethyl adjacent to an activating group) is 1. The van der Waals surface area contributed by atoms with Gasteiger partial charge in [0.1, 0.15) is 0 Å². The summed E-state index contributed by atoms with van der Waals surface area (Å²) < 4.78 is 13.1. The fourth-order valence-corrected chi connectivity index (χ4v) is 5.98. The van der Waals surface area contributed by atoms with Gasteiger partial charge in [0, 0.05) is 26.8 Å². The molecule has 0 saturated carbocycles. The summed E-state index contributed by atoms with van der Waals surface area (Å²) in [5, 5.41) is 14.1. The van der Waals surface area contributed by atoms with Gasteiger partial charge in [-0.1, -0.05) is 58.6 Å². The third kappa shape index (κ3) is 8.61. The molecule has 2 N–H and O–H groups in total. The van der Waals surface area contributed by atoms with Crippen LogP contribution in [0.2, 0.25) is 0 Å². The number of nitrogens with zero attached hydrogens (tertiary/aromatic N) is 2. The first-order valence-electron chi connectivity index (χ1n) is 13.2. The van der Waals surface area contributed by atoms with E-state index in [1.54, 1.807) is 39.4 Å². The summed E-state index contributed by atoms with van der Waals surface area (Å²) in [5.41, 5.74) is 0.588. The van der Waals surface area contributed by atoms with Crippen LogP contribution in [0.25, 0.3) is 0 Å². The lowest BCUT2D eigenvalue weighted by atomic mass is 9.91. The molecular weight excluding hydrogens is 585 g/mol. The molecule has 37 heavy (non-hydrogen) atoms. The Balaban J connectivity index is 3.04. The number of methoxy groups -OCH3 is 2. The summed E-state index contributed by atoms with van der Waals surface area (Å²) in [6.07, 6.45) is 6.06. The van der Waals surface area contributed by atoms with Crippen LogP contribution in [0.5, 0.6) is 0 Å². The molecule has 1 saturated heterocycles. The van der Waals surface area contributed by atoms with E-state index in [0.717, 1.165) is 19.3 Å². The SMILES string of the molecule is C=C/C=C(\C=C)[C@H](O)C(C)N(I)C(=O)[C@H](C)[C@@H](OC)[C@@H]1CCCN1C(=O)C[C@@H](OC)C(NC)[C@@H](C)CC. The number of nitrogens with one attached hydrogen (secondary N) is 1. The van der Waals surface area contributed by atoms with E-state index in [9.17, 15) is 14.7 Å². The second-order valence-corrected chi connectivity index (χ2v) is 10.9. The zero-order valence-corrected chi connectivity index (χ0v) is 25.8. The highest BCUT2D eigenvalue weighted by atomic mass is 127. The highest BCUT2D eigenvalue weighted by Gasteiger charge is 2.42. The van der Waals surface area contributed by atoms with E-state index >= 15 is 0 Å². The van der Waals surface area contributed by atoms with Crippen molar-refractivity contribution in [3.8, 4) is 0 Å². The fraction of sp³-hybridized carbons (Fsp3) is 0.714. The standard InChI is InChI=1S/C28H48IN3O5/c1-10-14-21(12-3)26(34)20(6)32(29)28(35)19(5)27(37-9)22-15-13-16-31(22)24(33)17-23(36-8)25(30-7)18(4)11-2/h10,12,14,18-20,22-23,25-27,30,34H,1,3,11,13,15-17H2,2,4-9H3/b21-14+/t18-,19+,20?,22-,23+,25?,26+,27+/m0/s1. The Hall–Kier alpha value is -1.27. The largest absolute Gasteiger partial charge is 0.386 e. The van der Waals surface area contributed by atoms with Gasteiger partial charge in [0.15, 0.2) is 0 Å². The summed E-state index contributed by atoms with van der Waals surface area (Å²) in [7, 11) is 5.14. The number of hydrogen-bond acceptors (Lipinski definition) is 6. The number of aliphatic hydroxyl groups is 1. The minimum atomic E-state index is -0.911. The van der Waals surface area contributed by atoms with Crippen molar-refractivity contribution < 1.29 is 24.2 Å². The average molecular weight is 634 g/mol. The number of ether oxygens (including phenoxy) is 2. The maximum atomic E-state index is 13.5. The smallest absolute Gasteiger partial charge is 0.237 e. The van der Waals surface area contributed by atoms with Gasteiger partial charge in [0.05, 0.1) is 65.6 Å². The van der Waals surface area contributed by atoms with Crippen LogP contribution in [0.1, 0.15) is 53.4 Å². The lowest BCUT2D eigenvalue weighted by molar-refractivity contribution is -0.144. The van der Waals surface area contributed by atoms with Crippen molar-refractivity contribution in [1.82, 2.24) is 13.3 Å². The Morgan fingerprint density at radius 1 is 1.24 bits per heavy atom. The topological polar surface area (TPSA) is 91.3 Å². The zero-order chi connectivity index (χ0) is 28.3. The number of aliphatic hydroxyl groups excluding tert-OH is 1. The van der Waals surface area contributed by atoms with Gasteiger partial charge in [-0.3, -0.25) is 12.7 Å². The lowest BCUT2D eigenvalue weighted by Gasteiger charge is -2.37. The number of amides is 2. The Morgan fingerprint density at radius 3 is 2.38 bits per heavy atom. The molecule has 0 radical (unpaired) electrons. The molecule has 1 fully saturated rings. The van der Waals surface area contributed by atoms with Crippen molar-refractivity contribution in [3.63, 3.8) is 0 Å². The van der Waals surface area contributed by atoms with Gasteiger partial charge in [-0.15, -0.1) is 0 Å². The van der Waals surface area contributed by atoms with E-state index in [4.69, 9.17) is 9.47 Å². The van der Waals surface area contributed by atoms with Crippen LogP contribution in [-0.4, -0.2) is 89.2 Å². The van der Waals surface area contributed by atoms with Crippen molar-refractivity contribution in [2.24, 2.45) is 11.8 Å². The van der Waals surface area contributed by atoms with E-state index in [1.165, 1.54) is 3.11 Å². The molecule has 8 atom stereocenters. The zero-order valence-electron chi connectivity index (χ0n) is 23.7. The summed E-state index contributed by atoms with van der Waals surface area (Å²) in [6, 6.07) is -0.644. The summed E-state index contributed by atoms with van der Waals surface area (Å²) in [5.74, 6) is -0.313. The minimum absolute atomic E-state index is 0.0138. The molecule has 0 aromatic carbocycles. The maximum absolute atomic E-state index is 13.5. The van der Waals surface area contributed by atoms with Crippen molar-refractivity contribution >= 4 is 34.7 Å². The third-order valence-corrected chi connectivity index (χ3v) is 9.09. The van der Waals surface area contributed by atoms with Crippen molar-refractivity contribution in [1.29, 1.82) is 0 Å². The lowest BCUT2D eigenvalue weighted by Crippen LogP contribution is -2.52. The Morgan fingerprint density at radius 2 is 1.89 bits per heavy atom. The van der Waals surface area contributed by atoms with Gasteiger partial charge in [-0.2, -0.15) is 0 Å². The molecule has 2 unspecified atom stereocenters. The number of allylic oxidation sites excluding steroid dienone is 2. The van der Waals surface area contributed by atoms with Crippen molar-refractivity contribution in [2.45, 2.75) is 89.8 Å². The molecule has 1 aliphatic rings. The van der Waals surface area contributed by atoms with E-state index in [1.807, 2.05) is 41.7 Å². The number of hydrogen-bond donors (Lipinski definition) is 2. The molecule has 1 rings (SSSR count). The molecule has 2 amide bonds. The Labute approximate surface area is 238 Å². The first-order valence-corrected chi connectivity index (χ1v) is 14.1. The van der Waals surface area contributed by atoms with Crippen LogP contribution in [-0.2, 0) is 19.1 Å². The summed E-state index contributed by atoms with van der Waals surface area (Å²) >= 11 is 1.95. The second kappa shape index (κ2) is 16.6.